The molecule has 2 aromatic heterocycles. The van der Waals surface area contributed by atoms with Crippen LogP contribution in [0.4, 0.5) is 0 Å². The molecule has 0 aliphatic carbocycles. The van der Waals surface area contributed by atoms with E-state index in [1.54, 1.807) is 26.3 Å². The van der Waals surface area contributed by atoms with Gasteiger partial charge in [-0.15, -0.1) is 0 Å². The van der Waals surface area contributed by atoms with Gasteiger partial charge >= 0.3 is 5.97 Å². The van der Waals surface area contributed by atoms with E-state index in [1.165, 1.54) is 10.6 Å². The largest absolute Gasteiger partial charge is 0.497 e. The van der Waals surface area contributed by atoms with Crippen LogP contribution < -0.4 is 10.3 Å². The van der Waals surface area contributed by atoms with Crippen molar-refractivity contribution in [1.82, 2.24) is 14.6 Å². The van der Waals surface area contributed by atoms with E-state index in [0.717, 1.165) is 5.56 Å². The van der Waals surface area contributed by atoms with Gasteiger partial charge in [0.1, 0.15) is 11.3 Å². The molecule has 0 radical (unpaired) electrons. The molecule has 0 spiro atoms. The number of carbonyl (C=O) groups excluding carboxylic acids is 1. The van der Waals surface area contributed by atoms with Crippen LogP contribution in [0.25, 0.3) is 16.8 Å². The first kappa shape index (κ1) is 14.8. The molecule has 7 heteroatoms. The normalized spacial score (nSPS) is 10.7. The summed E-state index contributed by atoms with van der Waals surface area (Å²) >= 11 is 0. The topological polar surface area (TPSA) is 85.7 Å². The third-order valence-corrected chi connectivity index (χ3v) is 3.33. The van der Waals surface area contributed by atoms with Gasteiger partial charge in [-0.25, -0.2) is 9.31 Å². The minimum atomic E-state index is -0.557. The SMILES string of the molecule is CCOC(=O)c1cc2c(=O)[nH]c(-c3cccc(OC)c3)cn2n1. The van der Waals surface area contributed by atoms with Crippen molar-refractivity contribution in [3.8, 4) is 17.0 Å². The number of aromatic nitrogens is 3. The number of nitrogens with zero attached hydrogens (tertiary/aromatic N) is 2. The average Bonchev–Trinajstić information content (AvgIpc) is 3.00. The minimum Gasteiger partial charge on any atom is -0.497 e. The Morgan fingerprint density at radius 3 is 2.91 bits per heavy atom. The summed E-state index contributed by atoms with van der Waals surface area (Å²) in [6.07, 6.45) is 1.65. The number of hydrogen-bond donors (Lipinski definition) is 1. The molecular formula is C16H15N3O4. The summed E-state index contributed by atoms with van der Waals surface area (Å²) in [5.74, 6) is 0.120. The maximum atomic E-state index is 12.2. The Bertz CT molecular complexity index is 926. The van der Waals surface area contributed by atoms with E-state index in [1.807, 2.05) is 18.2 Å². The Labute approximate surface area is 131 Å². The van der Waals surface area contributed by atoms with E-state index < -0.39 is 5.97 Å². The zero-order valence-electron chi connectivity index (χ0n) is 12.7. The Balaban J connectivity index is 2.10. The number of carbonyl (C=O) groups is 1. The average molecular weight is 313 g/mol. The van der Waals surface area contributed by atoms with Crippen molar-refractivity contribution in [2.45, 2.75) is 6.92 Å². The minimum absolute atomic E-state index is 0.0974. The number of H-pyrrole nitrogens is 1. The van der Waals surface area contributed by atoms with Gasteiger partial charge in [0, 0.05) is 11.6 Å². The molecule has 2 heterocycles. The lowest BCUT2D eigenvalue weighted by atomic mass is 10.1. The molecular weight excluding hydrogens is 298 g/mol. The van der Waals surface area contributed by atoms with Gasteiger partial charge in [0.05, 0.1) is 25.6 Å². The fourth-order valence-corrected chi connectivity index (χ4v) is 2.25. The second kappa shape index (κ2) is 5.96. The van der Waals surface area contributed by atoms with Gasteiger partial charge in [-0.1, -0.05) is 12.1 Å². The molecule has 7 nitrogen and oxygen atoms in total. The molecule has 3 aromatic rings. The summed E-state index contributed by atoms with van der Waals surface area (Å²) in [6, 6.07) is 8.69. The fourth-order valence-electron chi connectivity index (χ4n) is 2.25. The quantitative estimate of drug-likeness (QED) is 0.743. The van der Waals surface area contributed by atoms with Gasteiger partial charge < -0.3 is 14.5 Å². The monoisotopic (exact) mass is 313 g/mol. The first-order valence-corrected chi connectivity index (χ1v) is 7.06. The molecule has 0 aliphatic heterocycles. The molecule has 0 bridgehead atoms. The van der Waals surface area contributed by atoms with E-state index >= 15 is 0 Å². The molecule has 0 saturated carbocycles. The second-order valence-electron chi connectivity index (χ2n) is 4.81. The Kier molecular flexibility index (Phi) is 3.84. The second-order valence-corrected chi connectivity index (χ2v) is 4.81. The third kappa shape index (κ3) is 2.80. The zero-order valence-corrected chi connectivity index (χ0v) is 12.7. The Hall–Kier alpha value is -3.09. The molecule has 0 atom stereocenters. The van der Waals surface area contributed by atoms with Crippen LogP contribution in [0.2, 0.25) is 0 Å². The molecule has 0 aliphatic rings. The van der Waals surface area contributed by atoms with Crippen molar-refractivity contribution in [2.24, 2.45) is 0 Å². The highest BCUT2D eigenvalue weighted by molar-refractivity contribution is 5.88. The zero-order chi connectivity index (χ0) is 16.4. The van der Waals surface area contributed by atoms with Crippen LogP contribution in [0.3, 0.4) is 0 Å². The number of esters is 1. The number of rotatable bonds is 4. The van der Waals surface area contributed by atoms with Crippen LogP contribution in [-0.2, 0) is 4.74 Å². The van der Waals surface area contributed by atoms with Crippen LogP contribution >= 0.6 is 0 Å². The number of methoxy groups -OCH3 is 1. The maximum absolute atomic E-state index is 12.2. The highest BCUT2D eigenvalue weighted by Crippen LogP contribution is 2.21. The van der Waals surface area contributed by atoms with Crippen molar-refractivity contribution in [3.05, 3.63) is 52.6 Å². The van der Waals surface area contributed by atoms with Crippen LogP contribution in [0.5, 0.6) is 5.75 Å². The molecule has 0 fully saturated rings. The summed E-state index contributed by atoms with van der Waals surface area (Å²) in [5, 5.41) is 4.11. The van der Waals surface area contributed by atoms with Gasteiger partial charge in [-0.05, 0) is 19.1 Å². The summed E-state index contributed by atoms with van der Waals surface area (Å²) < 4.78 is 11.5. The van der Waals surface area contributed by atoms with E-state index in [0.29, 0.717) is 11.4 Å². The molecule has 0 amide bonds. The molecule has 1 aromatic carbocycles. The smallest absolute Gasteiger partial charge is 0.358 e. The molecule has 3 rings (SSSR count). The first-order chi connectivity index (χ1) is 11.1. The summed E-state index contributed by atoms with van der Waals surface area (Å²) in [5.41, 5.74) is 1.38. The van der Waals surface area contributed by atoms with E-state index in [2.05, 4.69) is 10.1 Å². The van der Waals surface area contributed by atoms with Crippen LogP contribution in [0.1, 0.15) is 17.4 Å². The van der Waals surface area contributed by atoms with Crippen molar-refractivity contribution < 1.29 is 14.3 Å². The van der Waals surface area contributed by atoms with Gasteiger partial charge in [0.25, 0.3) is 5.56 Å². The molecule has 0 saturated heterocycles. The number of benzene rings is 1. The van der Waals surface area contributed by atoms with Gasteiger partial charge in [0.2, 0.25) is 0 Å². The molecule has 0 unspecified atom stereocenters. The number of aromatic amines is 1. The third-order valence-electron chi connectivity index (χ3n) is 3.33. The van der Waals surface area contributed by atoms with Crippen molar-refractivity contribution in [1.29, 1.82) is 0 Å². The van der Waals surface area contributed by atoms with Crippen LogP contribution in [-0.4, -0.2) is 34.3 Å². The van der Waals surface area contributed by atoms with Gasteiger partial charge in [-0.3, -0.25) is 4.79 Å². The van der Waals surface area contributed by atoms with Crippen molar-refractivity contribution >= 4 is 11.5 Å². The molecule has 118 valence electrons. The van der Waals surface area contributed by atoms with Crippen molar-refractivity contribution in [2.75, 3.05) is 13.7 Å². The standard InChI is InChI=1S/C16H15N3O4/c1-3-23-16(21)12-8-14-15(20)17-13(9-19(14)18-12)10-5-4-6-11(7-10)22-2/h4-9H,3H2,1-2H3,(H,17,20). The number of fused-ring (bicyclic) bond motifs is 1. The highest BCUT2D eigenvalue weighted by atomic mass is 16.5. The summed E-state index contributed by atoms with van der Waals surface area (Å²) in [6.45, 7) is 1.96. The van der Waals surface area contributed by atoms with Crippen LogP contribution in [0, 0.1) is 0 Å². The Morgan fingerprint density at radius 2 is 2.17 bits per heavy atom. The summed E-state index contributed by atoms with van der Waals surface area (Å²) in [7, 11) is 1.57. The van der Waals surface area contributed by atoms with E-state index in [4.69, 9.17) is 9.47 Å². The van der Waals surface area contributed by atoms with E-state index in [9.17, 15) is 9.59 Å². The number of ether oxygens (including phenoxy) is 2. The van der Waals surface area contributed by atoms with Crippen LogP contribution in [0.15, 0.2) is 41.3 Å². The van der Waals surface area contributed by atoms with Gasteiger partial charge in [-0.2, -0.15) is 5.10 Å². The van der Waals surface area contributed by atoms with E-state index in [-0.39, 0.29) is 23.4 Å². The maximum Gasteiger partial charge on any atom is 0.358 e. The van der Waals surface area contributed by atoms with Gasteiger partial charge in [0.15, 0.2) is 5.69 Å². The predicted octanol–water partition coefficient (Wildman–Crippen LogP) is 1.87. The Morgan fingerprint density at radius 1 is 1.35 bits per heavy atom. The molecule has 1 N–H and O–H groups in total. The van der Waals surface area contributed by atoms with Crippen molar-refractivity contribution in [3.63, 3.8) is 0 Å². The first-order valence-electron chi connectivity index (χ1n) is 7.06. The molecule has 23 heavy (non-hydrogen) atoms. The summed E-state index contributed by atoms with van der Waals surface area (Å²) in [4.78, 5) is 26.7. The fraction of sp³-hybridized carbons (Fsp3) is 0.188. The lowest BCUT2D eigenvalue weighted by Gasteiger charge is -2.05. The number of nitrogens with one attached hydrogen (secondary N) is 1. The lowest BCUT2D eigenvalue weighted by molar-refractivity contribution is 0.0519. The number of hydrogen-bond acceptors (Lipinski definition) is 5. The highest BCUT2D eigenvalue weighted by Gasteiger charge is 2.14. The predicted molar refractivity (Wildman–Crippen MR) is 83.8 cm³/mol. The lowest BCUT2D eigenvalue weighted by Crippen LogP contribution is -2.10.